The number of halogens is 4. The Hall–Kier alpha value is -2.18. The normalized spacial score (nSPS) is 23.5. The Bertz CT molecular complexity index is 1170. The van der Waals surface area contributed by atoms with Gasteiger partial charge in [0.25, 0.3) is 5.84 Å². The van der Waals surface area contributed by atoms with Crippen molar-refractivity contribution in [1.82, 2.24) is 9.88 Å². The van der Waals surface area contributed by atoms with Gasteiger partial charge in [0, 0.05) is 51.0 Å². The van der Waals surface area contributed by atoms with E-state index in [1.165, 1.54) is 9.78 Å². The van der Waals surface area contributed by atoms with Crippen molar-refractivity contribution in [3.05, 3.63) is 21.9 Å². The van der Waals surface area contributed by atoms with Crippen LogP contribution in [0.5, 0.6) is 0 Å². The van der Waals surface area contributed by atoms with E-state index in [4.69, 9.17) is 28.9 Å². The van der Waals surface area contributed by atoms with Gasteiger partial charge in [-0.25, -0.2) is 9.56 Å². The van der Waals surface area contributed by atoms with Crippen molar-refractivity contribution in [2.75, 3.05) is 115 Å². The fourth-order valence-electron chi connectivity index (χ4n) is 4.85. The lowest BCUT2D eigenvalue weighted by Crippen LogP contribution is -2.40. The standard InChI is InChI=1S/C25H35N6O4S2.BF4/c1(2-20-22(28-4-12-32-13-5-28)26-24(36-20)30-8-16-34-17-9-30)3-21-23(29-6-14-33-15-7-29)27-25(37-21)31-10-18-35-19-11-31;2-1(3,4)5/h1-3H,4-19H2;/q+1;-1. The SMILES string of the molecule is C(/C=C/c1sc(N2CCOCC2)nc1N1CCOCC1)=C1/SC(=[N+]2CCOCC2)N=C1N1CCOCC1.F[B-](F)(F)F. The van der Waals surface area contributed by atoms with Gasteiger partial charge in [-0.15, -0.1) is 0 Å². The molecule has 0 unspecified atom stereocenters. The predicted octanol–water partition coefficient (Wildman–Crippen LogP) is 2.89. The highest BCUT2D eigenvalue weighted by atomic mass is 32.2. The topological polar surface area (TPSA) is 74.9 Å². The van der Waals surface area contributed by atoms with Gasteiger partial charge in [0.05, 0.1) is 62.6 Å². The van der Waals surface area contributed by atoms with Crippen molar-refractivity contribution < 1.29 is 40.8 Å². The van der Waals surface area contributed by atoms with E-state index >= 15 is 0 Å². The minimum atomic E-state index is -6.00. The molecule has 6 rings (SSSR count). The number of thioether (sulfide) groups is 1. The molecule has 4 fully saturated rings. The summed E-state index contributed by atoms with van der Waals surface area (Å²) < 4.78 is 63.7. The predicted molar refractivity (Wildman–Crippen MR) is 159 cm³/mol. The summed E-state index contributed by atoms with van der Waals surface area (Å²) in [7, 11) is -6.00. The number of thiazole rings is 1. The van der Waals surface area contributed by atoms with Crippen LogP contribution in [0.3, 0.4) is 0 Å². The van der Waals surface area contributed by atoms with Crippen molar-refractivity contribution in [3.63, 3.8) is 0 Å². The molecule has 6 heterocycles. The number of morpholine rings is 4. The fourth-order valence-corrected chi connectivity index (χ4v) is 6.95. The number of amidine groups is 2. The Balaban J connectivity index is 0.000000652. The third kappa shape index (κ3) is 8.92. The van der Waals surface area contributed by atoms with Crippen LogP contribution in [0, 0.1) is 0 Å². The summed E-state index contributed by atoms with van der Waals surface area (Å²) in [5.41, 5.74) is 0. The molecule has 232 valence electrons. The molecule has 1 aromatic heterocycles. The Morgan fingerprint density at radius 3 is 1.86 bits per heavy atom. The first-order valence-corrected chi connectivity index (χ1v) is 15.7. The average Bonchev–Trinajstić information content (AvgIpc) is 3.63. The van der Waals surface area contributed by atoms with Gasteiger partial charge in [-0.2, -0.15) is 0 Å². The number of ether oxygens (including phenoxy) is 4. The van der Waals surface area contributed by atoms with Crippen LogP contribution in [0.15, 0.2) is 22.0 Å². The van der Waals surface area contributed by atoms with Crippen LogP contribution in [0.4, 0.5) is 28.2 Å². The second-order valence-corrected chi connectivity index (χ2v) is 11.8. The van der Waals surface area contributed by atoms with Gasteiger partial charge >= 0.3 is 12.4 Å². The maximum absolute atomic E-state index is 9.75. The highest BCUT2D eigenvalue weighted by Crippen LogP contribution is 2.35. The van der Waals surface area contributed by atoms with E-state index in [1.807, 2.05) is 0 Å². The fraction of sp³-hybridized carbons (Fsp3) is 0.640. The average molecular weight is 635 g/mol. The first-order valence-electron chi connectivity index (χ1n) is 14.1. The maximum Gasteiger partial charge on any atom is 0.673 e. The van der Waals surface area contributed by atoms with Gasteiger partial charge in [-0.1, -0.05) is 17.4 Å². The lowest BCUT2D eigenvalue weighted by Gasteiger charge is -2.28. The number of anilines is 2. The second kappa shape index (κ2) is 15.0. The monoisotopic (exact) mass is 634 g/mol. The molecule has 1 aromatic rings. The molecule has 0 bridgehead atoms. The third-order valence-electron chi connectivity index (χ3n) is 6.93. The molecule has 4 saturated heterocycles. The molecule has 42 heavy (non-hydrogen) atoms. The number of hydrogen-bond acceptors (Lipinski definition) is 10. The van der Waals surface area contributed by atoms with E-state index in [2.05, 4.69) is 37.5 Å². The molecule has 0 aliphatic carbocycles. The summed E-state index contributed by atoms with van der Waals surface area (Å²) in [6.45, 7) is 13.0. The molecule has 0 saturated carbocycles. The van der Waals surface area contributed by atoms with E-state index in [9.17, 15) is 17.3 Å². The molecule has 10 nitrogen and oxygen atoms in total. The Morgan fingerprint density at radius 1 is 0.738 bits per heavy atom. The van der Waals surface area contributed by atoms with E-state index in [0.717, 1.165) is 127 Å². The lowest BCUT2D eigenvalue weighted by molar-refractivity contribution is -0.547. The van der Waals surface area contributed by atoms with Gasteiger partial charge in [0.2, 0.25) is 0 Å². The second-order valence-electron chi connectivity index (χ2n) is 9.79. The van der Waals surface area contributed by atoms with Crippen molar-refractivity contribution in [3.8, 4) is 0 Å². The van der Waals surface area contributed by atoms with E-state index in [-0.39, 0.29) is 0 Å². The zero-order valence-corrected chi connectivity index (χ0v) is 24.9. The van der Waals surface area contributed by atoms with Gasteiger partial charge in [0.15, 0.2) is 5.13 Å². The molecule has 0 N–H and O–H groups in total. The summed E-state index contributed by atoms with van der Waals surface area (Å²) in [5.74, 6) is 2.12. The maximum atomic E-state index is 9.75. The van der Waals surface area contributed by atoms with Gasteiger partial charge < -0.3 is 50.9 Å². The van der Waals surface area contributed by atoms with Gasteiger partial charge in [0.1, 0.15) is 18.9 Å². The first kappa shape index (κ1) is 31.3. The molecular weight excluding hydrogens is 599 g/mol. The van der Waals surface area contributed by atoms with E-state index in [1.54, 1.807) is 23.1 Å². The number of rotatable bonds is 4. The summed E-state index contributed by atoms with van der Waals surface area (Å²) in [5, 5.41) is 2.15. The third-order valence-corrected chi connectivity index (χ3v) is 9.07. The minimum absolute atomic E-state index is 0.744. The number of hydrogen-bond donors (Lipinski definition) is 0. The smallest absolute Gasteiger partial charge is 0.418 e. The van der Waals surface area contributed by atoms with Crippen LogP contribution in [0.25, 0.3) is 6.08 Å². The molecule has 0 radical (unpaired) electrons. The summed E-state index contributed by atoms with van der Waals surface area (Å²) in [6, 6.07) is 0. The van der Waals surface area contributed by atoms with Crippen molar-refractivity contribution in [1.29, 1.82) is 0 Å². The highest BCUT2D eigenvalue weighted by molar-refractivity contribution is 8.18. The Labute approximate surface area is 250 Å². The zero-order chi connectivity index (χ0) is 29.4. The number of aliphatic imine (C=N–C) groups is 1. The van der Waals surface area contributed by atoms with Crippen LogP contribution >= 0.6 is 23.1 Å². The first-order chi connectivity index (χ1) is 20.3. The highest BCUT2D eigenvalue weighted by Gasteiger charge is 2.35. The molecule has 5 aliphatic heterocycles. The van der Waals surface area contributed by atoms with E-state index in [0.29, 0.717) is 0 Å². The Kier molecular flexibility index (Phi) is 11.2. The van der Waals surface area contributed by atoms with Crippen LogP contribution in [-0.2, 0) is 18.9 Å². The summed E-state index contributed by atoms with van der Waals surface area (Å²) in [6.07, 6.45) is 6.59. The molecule has 0 spiro atoms. The molecule has 0 atom stereocenters. The van der Waals surface area contributed by atoms with Crippen molar-refractivity contribution in [2.45, 2.75) is 0 Å². The zero-order valence-electron chi connectivity index (χ0n) is 23.3. The molecule has 0 aromatic carbocycles. The molecular formula is C25H35BF4N6O4S2. The lowest BCUT2D eigenvalue weighted by atomic mass is 10.3. The van der Waals surface area contributed by atoms with Gasteiger partial charge in [-0.3, -0.25) is 0 Å². The molecule has 5 aliphatic rings. The number of nitrogens with zero attached hydrogens (tertiary/aromatic N) is 6. The Morgan fingerprint density at radius 2 is 1.26 bits per heavy atom. The number of allylic oxidation sites excluding steroid dienone is 2. The molecule has 0 amide bonds. The van der Waals surface area contributed by atoms with E-state index < -0.39 is 7.25 Å². The number of aromatic nitrogens is 1. The van der Waals surface area contributed by atoms with Crippen LogP contribution < -0.4 is 9.80 Å². The summed E-state index contributed by atoms with van der Waals surface area (Å²) in [4.78, 5) is 19.6. The largest absolute Gasteiger partial charge is 0.673 e. The van der Waals surface area contributed by atoms with Crippen molar-refractivity contribution >= 4 is 58.4 Å². The minimum Gasteiger partial charge on any atom is -0.418 e. The van der Waals surface area contributed by atoms with Crippen LogP contribution in [-0.4, -0.2) is 138 Å². The quantitative estimate of drug-likeness (QED) is 0.283. The molecule has 17 heteroatoms. The van der Waals surface area contributed by atoms with Crippen LogP contribution in [0.2, 0.25) is 0 Å². The summed E-state index contributed by atoms with van der Waals surface area (Å²) >= 11 is 3.53. The van der Waals surface area contributed by atoms with Gasteiger partial charge in [-0.05, 0) is 17.1 Å². The van der Waals surface area contributed by atoms with Crippen molar-refractivity contribution in [2.24, 2.45) is 4.99 Å². The van der Waals surface area contributed by atoms with Crippen LogP contribution in [0.1, 0.15) is 4.88 Å².